The fraction of sp³-hybridized carbons (Fsp3) is 0.375. The normalized spacial score (nSPS) is 24.3. The highest BCUT2D eigenvalue weighted by Gasteiger charge is 2.34. The van der Waals surface area contributed by atoms with E-state index >= 15 is 0 Å². The monoisotopic (exact) mass is 334 g/mol. The Morgan fingerprint density at radius 3 is 2.74 bits per heavy atom. The maximum atomic E-state index is 12.2. The molecule has 2 atom stereocenters. The molecular weight excluding hydrogens is 316 g/mol. The van der Waals surface area contributed by atoms with E-state index in [1.807, 2.05) is 26.0 Å². The third kappa shape index (κ3) is 3.14. The Morgan fingerprint density at radius 2 is 2.09 bits per heavy atom. The number of hydrogen-bond donors (Lipinski definition) is 2. The van der Waals surface area contributed by atoms with Crippen molar-refractivity contribution in [1.82, 2.24) is 5.32 Å². The summed E-state index contributed by atoms with van der Waals surface area (Å²) in [5.74, 6) is -1.18. The van der Waals surface area contributed by atoms with Gasteiger partial charge in [0.2, 0.25) is 11.8 Å². The summed E-state index contributed by atoms with van der Waals surface area (Å²) >= 11 is 0. The summed E-state index contributed by atoms with van der Waals surface area (Å²) in [6.07, 6.45) is 1.47. The zero-order valence-electron chi connectivity index (χ0n) is 12.9. The lowest BCUT2D eigenvalue weighted by atomic mass is 9.92. The molecule has 1 aromatic rings. The van der Waals surface area contributed by atoms with Crippen molar-refractivity contribution in [2.45, 2.75) is 32.2 Å². The standard InChI is InChI=1S/C16H18N2O4S/c1-9-5-10(2)15-12(16(20)18-13(15)6-9)7-14(19)17-11-3-4-23(21,22)8-11/h3-6,11-12H,7-8H2,1-2H3,(H,17,19)(H,18,20)/t11-,12+/m1/s1. The third-order valence-corrected chi connectivity index (χ3v) is 5.52. The minimum Gasteiger partial charge on any atom is -0.349 e. The Hall–Kier alpha value is -2.15. The van der Waals surface area contributed by atoms with Gasteiger partial charge in [0.05, 0.1) is 17.7 Å². The fourth-order valence-electron chi connectivity index (χ4n) is 3.21. The Balaban J connectivity index is 1.73. The molecule has 1 aromatic carbocycles. The van der Waals surface area contributed by atoms with Crippen LogP contribution in [-0.4, -0.2) is 32.0 Å². The lowest BCUT2D eigenvalue weighted by Gasteiger charge is -2.14. The van der Waals surface area contributed by atoms with Gasteiger partial charge in [-0.1, -0.05) is 6.07 Å². The molecule has 6 nitrogen and oxygen atoms in total. The van der Waals surface area contributed by atoms with E-state index in [0.29, 0.717) is 0 Å². The Labute approximate surface area is 134 Å². The summed E-state index contributed by atoms with van der Waals surface area (Å²) in [6, 6.07) is 3.36. The van der Waals surface area contributed by atoms with Gasteiger partial charge in [-0.3, -0.25) is 9.59 Å². The quantitative estimate of drug-likeness (QED) is 0.867. The van der Waals surface area contributed by atoms with Crippen molar-refractivity contribution >= 4 is 27.3 Å². The molecule has 0 saturated heterocycles. The maximum absolute atomic E-state index is 12.2. The van der Waals surface area contributed by atoms with Crippen LogP contribution in [0, 0.1) is 13.8 Å². The highest BCUT2D eigenvalue weighted by Crippen LogP contribution is 2.37. The van der Waals surface area contributed by atoms with Crippen LogP contribution in [0.3, 0.4) is 0 Å². The number of hydrogen-bond acceptors (Lipinski definition) is 4. The van der Waals surface area contributed by atoms with E-state index in [1.165, 1.54) is 6.08 Å². The molecule has 2 aliphatic rings. The molecule has 2 amide bonds. The van der Waals surface area contributed by atoms with Gasteiger partial charge in [0.15, 0.2) is 9.84 Å². The summed E-state index contributed by atoms with van der Waals surface area (Å²) in [4.78, 5) is 24.3. The van der Waals surface area contributed by atoms with Crippen molar-refractivity contribution in [1.29, 1.82) is 0 Å². The molecule has 0 bridgehead atoms. The van der Waals surface area contributed by atoms with Crippen molar-refractivity contribution in [3.8, 4) is 0 Å². The van der Waals surface area contributed by atoms with Crippen LogP contribution in [0.2, 0.25) is 0 Å². The van der Waals surface area contributed by atoms with E-state index in [4.69, 9.17) is 0 Å². The SMILES string of the molecule is Cc1cc(C)c2c(c1)NC(=O)[C@H]2CC(=O)N[C@@H]1C=CS(=O)(=O)C1. The van der Waals surface area contributed by atoms with Crippen LogP contribution in [0.4, 0.5) is 5.69 Å². The molecule has 0 aliphatic carbocycles. The van der Waals surface area contributed by atoms with E-state index in [-0.39, 0.29) is 24.0 Å². The lowest BCUT2D eigenvalue weighted by Crippen LogP contribution is -2.36. The van der Waals surface area contributed by atoms with Crippen LogP contribution in [0.25, 0.3) is 0 Å². The summed E-state index contributed by atoms with van der Waals surface area (Å²) in [5.41, 5.74) is 3.63. The minimum absolute atomic E-state index is 0.00707. The highest BCUT2D eigenvalue weighted by atomic mass is 32.2. The number of sulfone groups is 1. The largest absolute Gasteiger partial charge is 0.349 e. The molecule has 0 spiro atoms. The second-order valence-corrected chi connectivity index (χ2v) is 8.05. The van der Waals surface area contributed by atoms with E-state index in [2.05, 4.69) is 10.6 Å². The second-order valence-electron chi connectivity index (χ2n) is 6.12. The first-order chi connectivity index (χ1) is 10.7. The van der Waals surface area contributed by atoms with Gasteiger partial charge in [-0.15, -0.1) is 0 Å². The number of nitrogens with one attached hydrogen (secondary N) is 2. The molecule has 7 heteroatoms. The average molecular weight is 334 g/mol. The van der Waals surface area contributed by atoms with Crippen LogP contribution < -0.4 is 10.6 Å². The van der Waals surface area contributed by atoms with Crippen LogP contribution in [0.1, 0.15) is 29.0 Å². The molecule has 23 heavy (non-hydrogen) atoms. The molecule has 122 valence electrons. The molecule has 0 fully saturated rings. The van der Waals surface area contributed by atoms with Crippen molar-refractivity contribution < 1.29 is 18.0 Å². The summed E-state index contributed by atoms with van der Waals surface area (Å²) in [6.45, 7) is 3.87. The molecular formula is C16H18N2O4S. The Morgan fingerprint density at radius 1 is 1.35 bits per heavy atom. The lowest BCUT2D eigenvalue weighted by molar-refractivity contribution is -0.125. The second kappa shape index (κ2) is 5.49. The van der Waals surface area contributed by atoms with Crippen LogP contribution >= 0.6 is 0 Å². The van der Waals surface area contributed by atoms with Crippen LogP contribution in [0.15, 0.2) is 23.6 Å². The minimum atomic E-state index is -3.21. The maximum Gasteiger partial charge on any atom is 0.232 e. The first-order valence-corrected chi connectivity index (χ1v) is 9.09. The summed E-state index contributed by atoms with van der Waals surface area (Å²) in [7, 11) is -3.21. The van der Waals surface area contributed by atoms with Gasteiger partial charge < -0.3 is 10.6 Å². The first-order valence-electron chi connectivity index (χ1n) is 7.37. The third-order valence-electron chi connectivity index (χ3n) is 4.12. The van der Waals surface area contributed by atoms with Crippen molar-refractivity contribution in [2.75, 3.05) is 11.1 Å². The Kier molecular flexibility index (Phi) is 3.75. The van der Waals surface area contributed by atoms with E-state index in [0.717, 1.165) is 27.8 Å². The number of carbonyl (C=O) groups excluding carboxylic acids is 2. The zero-order valence-corrected chi connectivity index (χ0v) is 13.7. The smallest absolute Gasteiger partial charge is 0.232 e. The molecule has 0 saturated carbocycles. The van der Waals surface area contributed by atoms with Gasteiger partial charge in [0.1, 0.15) is 0 Å². The predicted octanol–water partition coefficient (Wildman–Crippen LogP) is 1.16. The Bertz CT molecular complexity index is 827. The number of fused-ring (bicyclic) bond motifs is 1. The molecule has 2 heterocycles. The first kappa shape index (κ1) is 15.7. The van der Waals surface area contributed by atoms with Crippen LogP contribution in [0.5, 0.6) is 0 Å². The number of anilines is 1. The number of benzene rings is 1. The molecule has 3 rings (SSSR count). The predicted molar refractivity (Wildman–Crippen MR) is 86.8 cm³/mol. The fourth-order valence-corrected chi connectivity index (χ4v) is 4.44. The number of carbonyl (C=O) groups is 2. The molecule has 0 aromatic heterocycles. The van der Waals surface area contributed by atoms with Gasteiger partial charge in [-0.2, -0.15) is 0 Å². The number of rotatable bonds is 3. The average Bonchev–Trinajstić information content (AvgIpc) is 2.90. The zero-order chi connectivity index (χ0) is 16.8. The number of amides is 2. The molecule has 2 N–H and O–H groups in total. The number of aryl methyl sites for hydroxylation is 2. The molecule has 0 unspecified atom stereocenters. The van der Waals surface area contributed by atoms with Crippen molar-refractivity contribution in [3.63, 3.8) is 0 Å². The molecule has 2 aliphatic heterocycles. The highest BCUT2D eigenvalue weighted by molar-refractivity contribution is 7.94. The van der Waals surface area contributed by atoms with Crippen molar-refractivity contribution in [2.24, 2.45) is 0 Å². The van der Waals surface area contributed by atoms with Crippen molar-refractivity contribution in [3.05, 3.63) is 40.3 Å². The van der Waals surface area contributed by atoms with Gasteiger partial charge >= 0.3 is 0 Å². The van der Waals surface area contributed by atoms with E-state index in [1.54, 1.807) is 0 Å². The van der Waals surface area contributed by atoms with Crippen LogP contribution in [-0.2, 0) is 19.4 Å². The van der Waals surface area contributed by atoms with E-state index < -0.39 is 21.8 Å². The topological polar surface area (TPSA) is 92.3 Å². The molecule has 0 radical (unpaired) electrons. The van der Waals surface area contributed by atoms with Gasteiger partial charge in [-0.25, -0.2) is 8.42 Å². The van der Waals surface area contributed by atoms with Gasteiger partial charge in [0.25, 0.3) is 0 Å². The summed E-state index contributed by atoms with van der Waals surface area (Å²) in [5, 5.41) is 6.58. The van der Waals surface area contributed by atoms with Gasteiger partial charge in [0, 0.05) is 17.5 Å². The van der Waals surface area contributed by atoms with E-state index in [9.17, 15) is 18.0 Å². The summed E-state index contributed by atoms with van der Waals surface area (Å²) < 4.78 is 22.7. The van der Waals surface area contributed by atoms with Gasteiger partial charge in [-0.05, 0) is 42.7 Å².